The molecule has 94 valence electrons. The Labute approximate surface area is 104 Å². The van der Waals surface area contributed by atoms with Crippen LogP contribution >= 0.6 is 0 Å². The molecule has 0 aliphatic carbocycles. The Morgan fingerprint density at radius 2 is 2.00 bits per heavy atom. The van der Waals surface area contributed by atoms with E-state index in [9.17, 15) is 0 Å². The zero-order valence-corrected chi connectivity index (χ0v) is 10.8. The van der Waals surface area contributed by atoms with E-state index in [1.807, 2.05) is 6.07 Å². The summed E-state index contributed by atoms with van der Waals surface area (Å²) >= 11 is 0. The minimum absolute atomic E-state index is 0.480. The second kappa shape index (κ2) is 6.03. The van der Waals surface area contributed by atoms with Crippen LogP contribution in [0.1, 0.15) is 24.9 Å². The van der Waals surface area contributed by atoms with Crippen LogP contribution in [0.15, 0.2) is 24.3 Å². The lowest BCUT2D eigenvalue weighted by Crippen LogP contribution is -2.45. The molecule has 1 aliphatic heterocycles. The zero-order chi connectivity index (χ0) is 12.1. The highest BCUT2D eigenvalue weighted by Crippen LogP contribution is 2.31. The van der Waals surface area contributed by atoms with Gasteiger partial charge in [-0.15, -0.1) is 0 Å². The van der Waals surface area contributed by atoms with Crippen molar-refractivity contribution < 1.29 is 4.74 Å². The third-order valence-corrected chi connectivity index (χ3v) is 3.48. The van der Waals surface area contributed by atoms with Crippen molar-refractivity contribution in [2.45, 2.75) is 19.4 Å². The van der Waals surface area contributed by atoms with Gasteiger partial charge in [0.25, 0.3) is 0 Å². The van der Waals surface area contributed by atoms with Crippen LogP contribution < -0.4 is 10.1 Å². The molecule has 1 aliphatic rings. The van der Waals surface area contributed by atoms with Crippen LogP contribution in [0.5, 0.6) is 5.75 Å². The molecule has 1 fully saturated rings. The monoisotopic (exact) mass is 234 g/mol. The van der Waals surface area contributed by atoms with Gasteiger partial charge in [-0.3, -0.25) is 4.90 Å². The average Bonchev–Trinajstić information content (AvgIpc) is 2.41. The maximum Gasteiger partial charge on any atom is 0.123 e. The van der Waals surface area contributed by atoms with Gasteiger partial charge in [-0.25, -0.2) is 0 Å². The molecule has 1 heterocycles. The van der Waals surface area contributed by atoms with Gasteiger partial charge in [0.05, 0.1) is 7.11 Å². The first-order valence-electron chi connectivity index (χ1n) is 6.44. The number of methoxy groups -OCH3 is 1. The van der Waals surface area contributed by atoms with Crippen LogP contribution in [0.2, 0.25) is 0 Å². The van der Waals surface area contributed by atoms with Crippen molar-refractivity contribution >= 4 is 0 Å². The minimum atomic E-state index is 0.480. The zero-order valence-electron chi connectivity index (χ0n) is 10.8. The summed E-state index contributed by atoms with van der Waals surface area (Å²) in [5.41, 5.74) is 1.32. The SMILES string of the molecule is CC[C@@H](c1ccccc1OC)N1CCNCC1. The second-order valence-corrected chi connectivity index (χ2v) is 4.45. The summed E-state index contributed by atoms with van der Waals surface area (Å²) in [7, 11) is 1.75. The lowest BCUT2D eigenvalue weighted by molar-refractivity contribution is 0.166. The third kappa shape index (κ3) is 2.79. The van der Waals surface area contributed by atoms with Crippen molar-refractivity contribution in [3.63, 3.8) is 0 Å². The smallest absolute Gasteiger partial charge is 0.123 e. The number of nitrogens with zero attached hydrogens (tertiary/aromatic N) is 1. The molecule has 17 heavy (non-hydrogen) atoms. The number of rotatable bonds is 4. The van der Waals surface area contributed by atoms with E-state index in [1.165, 1.54) is 5.56 Å². The highest BCUT2D eigenvalue weighted by Gasteiger charge is 2.22. The maximum atomic E-state index is 5.48. The molecule has 1 aromatic rings. The molecule has 0 amide bonds. The number of para-hydroxylation sites is 1. The quantitative estimate of drug-likeness (QED) is 0.863. The topological polar surface area (TPSA) is 24.5 Å². The first-order chi connectivity index (χ1) is 8.36. The molecular weight excluding hydrogens is 212 g/mol. The van der Waals surface area contributed by atoms with Gasteiger partial charge in [-0.1, -0.05) is 25.1 Å². The van der Waals surface area contributed by atoms with Crippen LogP contribution in [0.4, 0.5) is 0 Å². The van der Waals surface area contributed by atoms with E-state index < -0.39 is 0 Å². The highest BCUT2D eigenvalue weighted by molar-refractivity contribution is 5.35. The minimum Gasteiger partial charge on any atom is -0.496 e. The molecule has 1 aromatic carbocycles. The molecule has 1 N–H and O–H groups in total. The van der Waals surface area contributed by atoms with E-state index in [4.69, 9.17) is 4.74 Å². The largest absolute Gasteiger partial charge is 0.496 e. The Morgan fingerprint density at radius 1 is 1.29 bits per heavy atom. The molecule has 2 rings (SSSR count). The molecule has 0 bridgehead atoms. The Kier molecular flexibility index (Phi) is 4.40. The molecule has 0 saturated carbocycles. The molecule has 0 spiro atoms. The van der Waals surface area contributed by atoms with Gasteiger partial charge in [0.1, 0.15) is 5.75 Å². The standard InChI is InChI=1S/C14H22N2O/c1-3-13(16-10-8-15-9-11-16)12-6-4-5-7-14(12)17-2/h4-7,13,15H,3,8-11H2,1-2H3/t13-/m0/s1. The van der Waals surface area contributed by atoms with Crippen molar-refractivity contribution in [1.82, 2.24) is 10.2 Å². The van der Waals surface area contributed by atoms with Crippen molar-refractivity contribution in [3.05, 3.63) is 29.8 Å². The lowest BCUT2D eigenvalue weighted by atomic mass is 10.0. The number of hydrogen-bond acceptors (Lipinski definition) is 3. The molecular formula is C14H22N2O. The fraction of sp³-hybridized carbons (Fsp3) is 0.571. The fourth-order valence-electron chi connectivity index (χ4n) is 2.61. The Hall–Kier alpha value is -1.06. The van der Waals surface area contributed by atoms with Crippen molar-refractivity contribution in [1.29, 1.82) is 0 Å². The Bertz CT molecular complexity index is 348. The molecule has 0 unspecified atom stereocenters. The fourth-order valence-corrected chi connectivity index (χ4v) is 2.61. The summed E-state index contributed by atoms with van der Waals surface area (Å²) in [6.07, 6.45) is 1.13. The summed E-state index contributed by atoms with van der Waals surface area (Å²) in [5.74, 6) is 1.01. The number of nitrogens with one attached hydrogen (secondary N) is 1. The highest BCUT2D eigenvalue weighted by atomic mass is 16.5. The summed E-state index contributed by atoms with van der Waals surface area (Å²) in [6, 6.07) is 8.86. The Morgan fingerprint density at radius 3 is 2.65 bits per heavy atom. The predicted octanol–water partition coefficient (Wildman–Crippen LogP) is 2.05. The molecule has 0 radical (unpaired) electrons. The van der Waals surface area contributed by atoms with Crippen molar-refractivity contribution in [2.24, 2.45) is 0 Å². The van der Waals surface area contributed by atoms with Crippen LogP contribution in [0.3, 0.4) is 0 Å². The summed E-state index contributed by atoms with van der Waals surface area (Å²) in [4.78, 5) is 2.55. The third-order valence-electron chi connectivity index (χ3n) is 3.48. The van der Waals surface area contributed by atoms with E-state index in [0.717, 1.165) is 38.3 Å². The first kappa shape index (κ1) is 12.4. The van der Waals surface area contributed by atoms with E-state index in [-0.39, 0.29) is 0 Å². The Balaban J connectivity index is 2.21. The number of piperazine rings is 1. The lowest BCUT2D eigenvalue weighted by Gasteiger charge is -2.35. The molecule has 3 nitrogen and oxygen atoms in total. The van der Waals surface area contributed by atoms with Gasteiger partial charge < -0.3 is 10.1 Å². The van der Waals surface area contributed by atoms with Crippen LogP contribution in [-0.2, 0) is 0 Å². The molecule has 1 atom stereocenters. The number of benzene rings is 1. The van der Waals surface area contributed by atoms with Crippen molar-refractivity contribution in [2.75, 3.05) is 33.3 Å². The molecule has 3 heteroatoms. The maximum absolute atomic E-state index is 5.48. The van der Waals surface area contributed by atoms with E-state index >= 15 is 0 Å². The van der Waals surface area contributed by atoms with Crippen LogP contribution in [0.25, 0.3) is 0 Å². The van der Waals surface area contributed by atoms with Crippen LogP contribution in [-0.4, -0.2) is 38.2 Å². The van der Waals surface area contributed by atoms with Gasteiger partial charge in [-0.2, -0.15) is 0 Å². The van der Waals surface area contributed by atoms with Gasteiger partial charge in [-0.05, 0) is 12.5 Å². The summed E-state index contributed by atoms with van der Waals surface area (Å²) in [5, 5.41) is 3.40. The molecule has 0 aromatic heterocycles. The second-order valence-electron chi connectivity index (χ2n) is 4.45. The van der Waals surface area contributed by atoms with Gasteiger partial charge in [0.2, 0.25) is 0 Å². The number of ether oxygens (including phenoxy) is 1. The van der Waals surface area contributed by atoms with Gasteiger partial charge in [0.15, 0.2) is 0 Å². The average molecular weight is 234 g/mol. The first-order valence-corrected chi connectivity index (χ1v) is 6.44. The van der Waals surface area contributed by atoms with Gasteiger partial charge >= 0.3 is 0 Å². The molecule has 1 saturated heterocycles. The summed E-state index contributed by atoms with van der Waals surface area (Å²) < 4.78 is 5.48. The normalized spacial score (nSPS) is 18.9. The van der Waals surface area contributed by atoms with E-state index in [0.29, 0.717) is 6.04 Å². The van der Waals surface area contributed by atoms with E-state index in [2.05, 4.69) is 35.3 Å². The predicted molar refractivity (Wildman–Crippen MR) is 70.5 cm³/mol. The van der Waals surface area contributed by atoms with Crippen molar-refractivity contribution in [3.8, 4) is 5.75 Å². The summed E-state index contributed by atoms with van der Waals surface area (Å²) in [6.45, 7) is 6.67. The van der Waals surface area contributed by atoms with Gasteiger partial charge in [0, 0.05) is 37.8 Å². The van der Waals surface area contributed by atoms with E-state index in [1.54, 1.807) is 7.11 Å². The number of hydrogen-bond donors (Lipinski definition) is 1. The van der Waals surface area contributed by atoms with Crippen LogP contribution in [0, 0.1) is 0 Å².